The summed E-state index contributed by atoms with van der Waals surface area (Å²) >= 11 is 0. The van der Waals surface area contributed by atoms with Crippen molar-refractivity contribution in [3.63, 3.8) is 0 Å². The summed E-state index contributed by atoms with van der Waals surface area (Å²) in [6.45, 7) is 8.98. The van der Waals surface area contributed by atoms with Crippen molar-refractivity contribution in [3.8, 4) is 0 Å². The molecule has 0 bridgehead atoms. The lowest BCUT2D eigenvalue weighted by Gasteiger charge is -2.29. The average molecular weight is 363 g/mol. The van der Waals surface area contributed by atoms with E-state index in [0.717, 1.165) is 57.2 Å². The van der Waals surface area contributed by atoms with Crippen LogP contribution >= 0.6 is 0 Å². The molecule has 0 unspecified atom stereocenters. The largest absolute Gasteiger partial charge is 0.480 e. The predicted octanol–water partition coefficient (Wildman–Crippen LogP) is 3.01. The Hall–Kier alpha value is -1.40. The molecule has 1 aromatic heterocycles. The predicted molar refractivity (Wildman–Crippen MR) is 102 cm³/mol. The molecule has 0 spiro atoms. The Morgan fingerprint density at radius 3 is 2.65 bits per heavy atom. The Morgan fingerprint density at radius 2 is 1.96 bits per heavy atom. The van der Waals surface area contributed by atoms with Gasteiger partial charge in [-0.05, 0) is 38.1 Å². The Balaban J connectivity index is 1.65. The van der Waals surface area contributed by atoms with E-state index in [0.29, 0.717) is 5.92 Å². The number of hydrogen-bond acceptors (Lipinski definition) is 4. The van der Waals surface area contributed by atoms with Crippen molar-refractivity contribution in [3.05, 3.63) is 18.0 Å². The molecule has 1 saturated carbocycles. The Bertz CT molecular complexity index is 580. The molecule has 0 aromatic carbocycles. The highest BCUT2D eigenvalue weighted by Gasteiger charge is 2.32. The van der Waals surface area contributed by atoms with Gasteiger partial charge >= 0.3 is 5.97 Å². The molecular weight excluding hydrogens is 328 g/mol. The third-order valence-electron chi connectivity index (χ3n) is 5.91. The molecule has 1 atom stereocenters. The van der Waals surface area contributed by atoms with Gasteiger partial charge < -0.3 is 5.11 Å². The molecule has 1 aliphatic carbocycles. The highest BCUT2D eigenvalue weighted by Crippen LogP contribution is 2.27. The van der Waals surface area contributed by atoms with Crippen LogP contribution < -0.4 is 0 Å². The van der Waals surface area contributed by atoms with Crippen LogP contribution in [0.5, 0.6) is 0 Å². The van der Waals surface area contributed by atoms with Crippen molar-refractivity contribution < 1.29 is 9.90 Å². The zero-order valence-electron chi connectivity index (χ0n) is 16.3. The summed E-state index contributed by atoms with van der Waals surface area (Å²) in [6.07, 6.45) is 11.1. The highest BCUT2D eigenvalue weighted by molar-refractivity contribution is 5.75. The van der Waals surface area contributed by atoms with Crippen LogP contribution in [-0.2, 0) is 11.3 Å². The summed E-state index contributed by atoms with van der Waals surface area (Å²) in [5.41, 5.74) is 0.815. The first kappa shape index (κ1) is 19.4. The number of carboxylic acids is 1. The van der Waals surface area contributed by atoms with Gasteiger partial charge in [0.25, 0.3) is 0 Å². The lowest BCUT2D eigenvalue weighted by Crippen LogP contribution is -2.39. The first-order valence-corrected chi connectivity index (χ1v) is 10.3. The molecule has 2 aliphatic rings. The number of aryl methyl sites for hydroxylation is 1. The number of aromatic nitrogens is 2. The van der Waals surface area contributed by atoms with Crippen molar-refractivity contribution in [1.29, 1.82) is 0 Å². The first-order chi connectivity index (χ1) is 12.5. The maximum absolute atomic E-state index is 12.0. The van der Waals surface area contributed by atoms with E-state index in [1.807, 2.05) is 10.9 Å². The van der Waals surface area contributed by atoms with Crippen LogP contribution in [-0.4, -0.2) is 62.9 Å². The van der Waals surface area contributed by atoms with Crippen molar-refractivity contribution in [1.82, 2.24) is 19.6 Å². The van der Waals surface area contributed by atoms with Crippen LogP contribution in [0.2, 0.25) is 0 Å². The molecule has 0 radical (unpaired) electrons. The molecule has 146 valence electrons. The van der Waals surface area contributed by atoms with E-state index in [2.05, 4.69) is 28.7 Å². The molecule has 26 heavy (non-hydrogen) atoms. The van der Waals surface area contributed by atoms with E-state index in [1.165, 1.54) is 25.7 Å². The van der Waals surface area contributed by atoms with Gasteiger partial charge in [-0.25, -0.2) is 0 Å². The van der Waals surface area contributed by atoms with Crippen molar-refractivity contribution in [2.45, 2.75) is 71.0 Å². The molecule has 1 saturated heterocycles. The van der Waals surface area contributed by atoms with E-state index < -0.39 is 12.0 Å². The van der Waals surface area contributed by atoms with Gasteiger partial charge in [0.05, 0.1) is 6.20 Å². The normalized spacial score (nSPS) is 22.0. The van der Waals surface area contributed by atoms with E-state index >= 15 is 0 Å². The zero-order chi connectivity index (χ0) is 18.5. The van der Waals surface area contributed by atoms with Crippen LogP contribution in [0.3, 0.4) is 0 Å². The average Bonchev–Trinajstić information content (AvgIpc) is 3.22. The number of aliphatic carboxylic acids is 1. The zero-order valence-corrected chi connectivity index (χ0v) is 16.3. The lowest BCUT2D eigenvalue weighted by atomic mass is 10.1. The first-order valence-electron chi connectivity index (χ1n) is 10.3. The number of nitrogens with zero attached hydrogens (tertiary/aromatic N) is 4. The third-order valence-corrected chi connectivity index (χ3v) is 5.91. The molecular formula is C20H34N4O2. The minimum Gasteiger partial charge on any atom is -0.480 e. The smallest absolute Gasteiger partial charge is 0.325 e. The standard InChI is InChI=1S/C20H34N4O2/c1-16(2)8-11-24-15-17(14-21-24)19(20(25)26)23-10-5-9-22(12-13-23)18-6-3-4-7-18/h14-16,18-19H,3-13H2,1-2H3,(H,25,26)/t19-/m1/s1. The maximum atomic E-state index is 12.0. The SMILES string of the molecule is CC(C)CCn1cc([C@H](C(=O)O)N2CCCN(C3CCCC3)CC2)cn1. The van der Waals surface area contributed by atoms with Gasteiger partial charge in [-0.3, -0.25) is 19.3 Å². The number of carbonyl (C=O) groups is 1. The van der Waals surface area contributed by atoms with E-state index in [-0.39, 0.29) is 0 Å². The van der Waals surface area contributed by atoms with Crippen LogP contribution in [0.25, 0.3) is 0 Å². The molecule has 6 nitrogen and oxygen atoms in total. The fraction of sp³-hybridized carbons (Fsp3) is 0.800. The Kier molecular flexibility index (Phi) is 6.70. The van der Waals surface area contributed by atoms with Gasteiger partial charge in [-0.15, -0.1) is 0 Å². The summed E-state index contributed by atoms with van der Waals surface area (Å²) in [5, 5.41) is 14.3. The van der Waals surface area contributed by atoms with Crippen LogP contribution in [0.4, 0.5) is 0 Å². The highest BCUT2D eigenvalue weighted by atomic mass is 16.4. The Morgan fingerprint density at radius 1 is 1.19 bits per heavy atom. The van der Waals surface area contributed by atoms with Gasteiger partial charge in [0.2, 0.25) is 0 Å². The molecule has 1 aliphatic heterocycles. The van der Waals surface area contributed by atoms with Gasteiger partial charge in [-0.2, -0.15) is 5.10 Å². The molecule has 2 fully saturated rings. The minimum absolute atomic E-state index is 0.577. The molecule has 0 amide bonds. The van der Waals surface area contributed by atoms with Gasteiger partial charge in [0, 0.05) is 44.0 Å². The maximum Gasteiger partial charge on any atom is 0.325 e. The molecule has 6 heteroatoms. The number of hydrogen-bond donors (Lipinski definition) is 1. The number of carboxylic acid groups (broad SMARTS) is 1. The monoisotopic (exact) mass is 362 g/mol. The topological polar surface area (TPSA) is 61.6 Å². The quantitative estimate of drug-likeness (QED) is 0.808. The second-order valence-electron chi connectivity index (χ2n) is 8.32. The lowest BCUT2D eigenvalue weighted by molar-refractivity contribution is -0.143. The van der Waals surface area contributed by atoms with Crippen LogP contribution in [0.1, 0.15) is 64.0 Å². The second kappa shape index (κ2) is 9.00. The number of rotatable bonds is 7. The van der Waals surface area contributed by atoms with Gasteiger partial charge in [0.15, 0.2) is 0 Å². The van der Waals surface area contributed by atoms with E-state index in [9.17, 15) is 9.90 Å². The third kappa shape index (κ3) is 4.86. The van der Waals surface area contributed by atoms with Gasteiger partial charge in [0.1, 0.15) is 6.04 Å². The second-order valence-corrected chi connectivity index (χ2v) is 8.32. The minimum atomic E-state index is -0.761. The molecule has 1 N–H and O–H groups in total. The fourth-order valence-corrected chi connectivity index (χ4v) is 4.39. The molecule has 1 aromatic rings. The molecule has 2 heterocycles. The van der Waals surface area contributed by atoms with E-state index in [4.69, 9.17) is 0 Å². The van der Waals surface area contributed by atoms with Crippen molar-refractivity contribution >= 4 is 5.97 Å². The fourth-order valence-electron chi connectivity index (χ4n) is 4.39. The summed E-state index contributed by atoms with van der Waals surface area (Å²) in [6, 6.07) is 0.142. The van der Waals surface area contributed by atoms with Crippen LogP contribution in [0.15, 0.2) is 12.4 Å². The summed E-state index contributed by atoms with van der Waals surface area (Å²) in [4.78, 5) is 16.8. The van der Waals surface area contributed by atoms with E-state index in [1.54, 1.807) is 6.20 Å². The summed E-state index contributed by atoms with van der Waals surface area (Å²) < 4.78 is 1.90. The van der Waals surface area contributed by atoms with Gasteiger partial charge in [-0.1, -0.05) is 26.7 Å². The van der Waals surface area contributed by atoms with Crippen molar-refractivity contribution in [2.24, 2.45) is 5.92 Å². The van der Waals surface area contributed by atoms with Crippen LogP contribution in [0, 0.1) is 5.92 Å². The summed E-state index contributed by atoms with van der Waals surface area (Å²) in [5.74, 6) is -0.146. The summed E-state index contributed by atoms with van der Waals surface area (Å²) in [7, 11) is 0. The Labute approximate surface area is 157 Å². The van der Waals surface area contributed by atoms with Crippen molar-refractivity contribution in [2.75, 3.05) is 26.2 Å². The molecule has 3 rings (SSSR count).